The van der Waals surface area contributed by atoms with Crippen LogP contribution >= 0.6 is 0 Å². The monoisotopic (exact) mass is 206 g/mol. The molecule has 0 saturated carbocycles. The first-order valence-corrected chi connectivity index (χ1v) is 5.07. The maximum Gasteiger partial charge on any atom is 0.0531 e. The molecule has 0 heterocycles. The zero-order valence-electron chi connectivity index (χ0n) is 10.2. The highest BCUT2D eigenvalue weighted by Crippen LogP contribution is 2.18. The minimum absolute atomic E-state index is 0.156. The maximum absolute atomic E-state index is 8.66. The first-order valence-electron chi connectivity index (χ1n) is 5.07. The van der Waals surface area contributed by atoms with Crippen molar-refractivity contribution in [2.24, 2.45) is 10.8 Å². The second-order valence-corrected chi connectivity index (χ2v) is 5.33. The number of aliphatic hydroxyl groups excluding tert-OH is 3. The van der Waals surface area contributed by atoms with E-state index in [9.17, 15) is 0 Å². The summed E-state index contributed by atoms with van der Waals surface area (Å²) in [5.41, 5.74) is -0.167. The van der Waals surface area contributed by atoms with Crippen LogP contribution < -0.4 is 0 Å². The summed E-state index contributed by atoms with van der Waals surface area (Å²) in [5.74, 6) is 0. The molecular formula is C11H26O3. The van der Waals surface area contributed by atoms with Gasteiger partial charge in [0.05, 0.1) is 19.8 Å². The van der Waals surface area contributed by atoms with Crippen molar-refractivity contribution in [2.75, 3.05) is 19.8 Å². The van der Waals surface area contributed by atoms with Crippen LogP contribution in [0.2, 0.25) is 0 Å². The number of aliphatic hydroxyl groups is 3. The van der Waals surface area contributed by atoms with E-state index in [0.29, 0.717) is 11.8 Å². The largest absolute Gasteiger partial charge is 0.396 e. The summed E-state index contributed by atoms with van der Waals surface area (Å²) in [6.07, 6.45) is 0.594. The molecule has 0 aliphatic carbocycles. The molecule has 3 N–H and O–H groups in total. The van der Waals surface area contributed by atoms with Gasteiger partial charge in [0.15, 0.2) is 0 Å². The van der Waals surface area contributed by atoms with Gasteiger partial charge in [0.2, 0.25) is 0 Å². The molecule has 0 aliphatic rings. The molecule has 0 aromatic heterocycles. The van der Waals surface area contributed by atoms with Crippen LogP contribution in [0.3, 0.4) is 0 Å². The van der Waals surface area contributed by atoms with E-state index in [1.54, 1.807) is 0 Å². The third-order valence-corrected chi connectivity index (χ3v) is 1.76. The molecule has 0 unspecified atom stereocenters. The Kier molecular flexibility index (Phi) is 8.40. The standard InChI is InChI=1S/C6H14O3.C5H12/c1-2-6(3-7,4-8)5-9;1-5(2,3)4/h7-9H,2-5H2,1H3;1-4H3. The second-order valence-electron chi connectivity index (χ2n) is 5.33. The Morgan fingerprint density at radius 2 is 1.00 bits per heavy atom. The summed E-state index contributed by atoms with van der Waals surface area (Å²) < 4.78 is 0. The van der Waals surface area contributed by atoms with Crippen LogP contribution in [-0.4, -0.2) is 35.1 Å². The highest BCUT2D eigenvalue weighted by molar-refractivity contribution is 4.74. The minimum Gasteiger partial charge on any atom is -0.396 e. The molecule has 0 radical (unpaired) electrons. The molecule has 0 saturated heterocycles. The lowest BCUT2D eigenvalue weighted by atomic mass is 9.88. The van der Waals surface area contributed by atoms with Crippen molar-refractivity contribution < 1.29 is 15.3 Å². The zero-order valence-corrected chi connectivity index (χ0v) is 10.2. The van der Waals surface area contributed by atoms with E-state index in [1.165, 1.54) is 0 Å². The van der Waals surface area contributed by atoms with Crippen LogP contribution in [0.25, 0.3) is 0 Å². The molecule has 88 valence electrons. The van der Waals surface area contributed by atoms with Crippen LogP contribution in [0.15, 0.2) is 0 Å². The first-order chi connectivity index (χ1) is 6.24. The lowest BCUT2D eigenvalue weighted by molar-refractivity contribution is 0.00304. The predicted octanol–water partition coefficient (Wildman–Crippen LogP) is 1.41. The van der Waals surface area contributed by atoms with Crippen molar-refractivity contribution in [1.29, 1.82) is 0 Å². The fourth-order valence-electron chi connectivity index (χ4n) is 0.485. The van der Waals surface area contributed by atoms with E-state index in [0.717, 1.165) is 0 Å². The average Bonchev–Trinajstić information content (AvgIpc) is 2.07. The van der Waals surface area contributed by atoms with Crippen molar-refractivity contribution in [3.63, 3.8) is 0 Å². The number of hydrogen-bond acceptors (Lipinski definition) is 3. The minimum atomic E-state index is -0.667. The van der Waals surface area contributed by atoms with Gasteiger partial charge in [0, 0.05) is 5.41 Å². The van der Waals surface area contributed by atoms with Crippen molar-refractivity contribution in [3.05, 3.63) is 0 Å². The van der Waals surface area contributed by atoms with Crippen LogP contribution in [-0.2, 0) is 0 Å². The Hall–Kier alpha value is -0.120. The van der Waals surface area contributed by atoms with Gasteiger partial charge < -0.3 is 15.3 Å². The van der Waals surface area contributed by atoms with Crippen LogP contribution in [0, 0.1) is 10.8 Å². The summed E-state index contributed by atoms with van der Waals surface area (Å²) in [6, 6.07) is 0. The first kappa shape index (κ1) is 16.3. The smallest absolute Gasteiger partial charge is 0.0531 e. The van der Waals surface area contributed by atoms with Crippen LogP contribution in [0.5, 0.6) is 0 Å². The predicted molar refractivity (Wildman–Crippen MR) is 59.1 cm³/mol. The molecule has 3 nitrogen and oxygen atoms in total. The average molecular weight is 206 g/mol. The van der Waals surface area contributed by atoms with E-state index in [4.69, 9.17) is 15.3 Å². The summed E-state index contributed by atoms with van der Waals surface area (Å²) >= 11 is 0. The summed E-state index contributed by atoms with van der Waals surface area (Å²) in [7, 11) is 0. The normalized spacial score (nSPS) is 12.0. The van der Waals surface area contributed by atoms with Gasteiger partial charge in [0.25, 0.3) is 0 Å². The molecule has 0 rings (SSSR count). The molecule has 0 amide bonds. The van der Waals surface area contributed by atoms with E-state index in [1.807, 2.05) is 6.92 Å². The Bertz CT molecular complexity index is 99.5. The van der Waals surface area contributed by atoms with Crippen molar-refractivity contribution in [2.45, 2.75) is 41.0 Å². The maximum atomic E-state index is 8.66. The van der Waals surface area contributed by atoms with Gasteiger partial charge in [0.1, 0.15) is 0 Å². The molecule has 3 heteroatoms. The molecule has 0 fully saturated rings. The molecule has 0 aliphatic heterocycles. The van der Waals surface area contributed by atoms with E-state index < -0.39 is 5.41 Å². The third-order valence-electron chi connectivity index (χ3n) is 1.76. The van der Waals surface area contributed by atoms with Crippen molar-refractivity contribution in [3.8, 4) is 0 Å². The van der Waals surface area contributed by atoms with Gasteiger partial charge in [-0.3, -0.25) is 0 Å². The van der Waals surface area contributed by atoms with Gasteiger partial charge in [-0.2, -0.15) is 0 Å². The van der Waals surface area contributed by atoms with Gasteiger partial charge in [-0.05, 0) is 11.8 Å². The summed E-state index contributed by atoms with van der Waals surface area (Å²) in [6.45, 7) is 10.1. The summed E-state index contributed by atoms with van der Waals surface area (Å²) in [4.78, 5) is 0. The molecule has 0 atom stereocenters. The van der Waals surface area contributed by atoms with Gasteiger partial charge in [-0.25, -0.2) is 0 Å². The van der Waals surface area contributed by atoms with Gasteiger partial charge in [-0.15, -0.1) is 0 Å². The lowest BCUT2D eigenvalue weighted by Crippen LogP contribution is -2.32. The molecule has 14 heavy (non-hydrogen) atoms. The lowest BCUT2D eigenvalue weighted by Gasteiger charge is -2.24. The second kappa shape index (κ2) is 7.21. The highest BCUT2D eigenvalue weighted by atomic mass is 16.3. The summed E-state index contributed by atoms with van der Waals surface area (Å²) in [5, 5.41) is 26.0. The Balaban J connectivity index is 0. The molecule has 0 spiro atoms. The van der Waals surface area contributed by atoms with E-state index in [2.05, 4.69) is 27.7 Å². The quantitative estimate of drug-likeness (QED) is 0.652. The molecular weight excluding hydrogens is 180 g/mol. The molecule has 0 aromatic carbocycles. The van der Waals surface area contributed by atoms with Crippen LogP contribution in [0.4, 0.5) is 0 Å². The highest BCUT2D eigenvalue weighted by Gasteiger charge is 2.24. The fourth-order valence-corrected chi connectivity index (χ4v) is 0.485. The molecule has 0 bridgehead atoms. The SMILES string of the molecule is CC(C)(C)C.CCC(CO)(CO)CO. The molecule has 0 aromatic rings. The fraction of sp³-hybridized carbons (Fsp3) is 1.00. The van der Waals surface area contributed by atoms with Gasteiger partial charge in [-0.1, -0.05) is 34.6 Å². The number of rotatable bonds is 4. The topological polar surface area (TPSA) is 60.7 Å². The van der Waals surface area contributed by atoms with Gasteiger partial charge >= 0.3 is 0 Å². The Labute approximate surface area is 87.8 Å². The number of hydrogen-bond donors (Lipinski definition) is 3. The van der Waals surface area contributed by atoms with E-state index >= 15 is 0 Å². The Morgan fingerprint density at radius 1 is 0.786 bits per heavy atom. The third kappa shape index (κ3) is 9.96. The zero-order chi connectivity index (χ0) is 11.8. The van der Waals surface area contributed by atoms with Crippen molar-refractivity contribution >= 4 is 0 Å². The van der Waals surface area contributed by atoms with Crippen LogP contribution in [0.1, 0.15) is 41.0 Å². The van der Waals surface area contributed by atoms with Crippen molar-refractivity contribution in [1.82, 2.24) is 0 Å². The Morgan fingerprint density at radius 3 is 1.00 bits per heavy atom. The van der Waals surface area contributed by atoms with E-state index in [-0.39, 0.29) is 19.8 Å².